The van der Waals surface area contributed by atoms with E-state index in [9.17, 15) is 0 Å². The predicted molar refractivity (Wildman–Crippen MR) is 41.2 cm³/mol. The van der Waals surface area contributed by atoms with Crippen LogP contribution in [0.3, 0.4) is 0 Å². The SMILES string of the molecule is C[C-]=Nn1[c-]c(C)c(C)c1.[Y]. The van der Waals surface area contributed by atoms with E-state index in [4.69, 9.17) is 0 Å². The van der Waals surface area contributed by atoms with E-state index < -0.39 is 0 Å². The average molecular weight is 223 g/mol. The van der Waals surface area contributed by atoms with Crippen LogP contribution < -0.4 is 0 Å². The van der Waals surface area contributed by atoms with Gasteiger partial charge in [-0.15, -0.1) is 6.20 Å². The quantitative estimate of drug-likeness (QED) is 0.508. The number of aryl methyl sites for hydroxylation is 2. The Balaban J connectivity index is 0.000001000. The minimum absolute atomic E-state index is 0. The maximum atomic E-state index is 3.90. The van der Waals surface area contributed by atoms with Crippen LogP contribution >= 0.6 is 0 Å². The minimum Gasteiger partial charge on any atom is -0.419 e. The Hall–Kier alpha value is 0.0539. The van der Waals surface area contributed by atoms with Gasteiger partial charge in [-0.1, -0.05) is 20.0 Å². The molecule has 0 unspecified atom stereocenters. The molecule has 11 heavy (non-hydrogen) atoms. The Morgan fingerprint density at radius 1 is 1.55 bits per heavy atom. The summed E-state index contributed by atoms with van der Waals surface area (Å²) in [6.45, 7) is 5.81. The van der Waals surface area contributed by atoms with Crippen molar-refractivity contribution in [3.8, 4) is 0 Å². The van der Waals surface area contributed by atoms with Gasteiger partial charge in [0.15, 0.2) is 0 Å². The molecule has 0 aromatic carbocycles. The maximum Gasteiger partial charge on any atom is 0 e. The maximum absolute atomic E-state index is 3.90. The van der Waals surface area contributed by atoms with E-state index in [1.54, 1.807) is 11.6 Å². The van der Waals surface area contributed by atoms with Gasteiger partial charge in [0.25, 0.3) is 0 Å². The van der Waals surface area contributed by atoms with Gasteiger partial charge in [0.2, 0.25) is 0 Å². The molecule has 1 radical (unpaired) electrons. The first-order valence-corrected chi connectivity index (χ1v) is 3.19. The summed E-state index contributed by atoms with van der Waals surface area (Å²) in [7, 11) is 0. The van der Waals surface area contributed by atoms with Gasteiger partial charge < -0.3 is 16.0 Å². The molecule has 0 bridgehead atoms. The van der Waals surface area contributed by atoms with Crippen molar-refractivity contribution in [2.75, 3.05) is 0 Å². The Kier molecular flexibility index (Phi) is 4.86. The second-order valence-electron chi connectivity index (χ2n) is 2.22. The van der Waals surface area contributed by atoms with Crippen molar-refractivity contribution in [1.29, 1.82) is 0 Å². The third-order valence-electron chi connectivity index (χ3n) is 1.40. The van der Waals surface area contributed by atoms with Crippen LogP contribution in [0, 0.1) is 20.0 Å². The summed E-state index contributed by atoms with van der Waals surface area (Å²) in [6.07, 6.45) is 7.64. The summed E-state index contributed by atoms with van der Waals surface area (Å²) in [5.74, 6) is 0. The number of hydrogen-bond donors (Lipinski definition) is 0. The van der Waals surface area contributed by atoms with Gasteiger partial charge in [-0.3, -0.25) is 0 Å². The molecule has 3 heteroatoms. The standard InChI is InChI=1S/C8H10N2.Y/c1-4-9-10-5-7(2)8(3)6-10;/h5H,1-3H3;/q-2;. The first-order chi connectivity index (χ1) is 4.74. The zero-order valence-electron chi connectivity index (χ0n) is 7.05. The smallest absolute Gasteiger partial charge is 0 e. The van der Waals surface area contributed by atoms with Crippen LogP contribution in [0.25, 0.3) is 0 Å². The fourth-order valence-corrected chi connectivity index (χ4v) is 0.734. The summed E-state index contributed by atoms with van der Waals surface area (Å²) < 4.78 is 1.64. The predicted octanol–water partition coefficient (Wildman–Crippen LogP) is 1.63. The molecule has 1 rings (SSSR count). The number of hydrogen-bond acceptors (Lipinski definition) is 1. The van der Waals surface area contributed by atoms with Crippen molar-refractivity contribution in [3.63, 3.8) is 0 Å². The Bertz CT molecular complexity index is 231. The Labute approximate surface area is 92.6 Å². The summed E-state index contributed by atoms with van der Waals surface area (Å²) in [5.41, 5.74) is 2.35. The third kappa shape index (κ3) is 2.88. The van der Waals surface area contributed by atoms with Crippen LogP contribution in [-0.4, -0.2) is 10.9 Å². The van der Waals surface area contributed by atoms with Crippen molar-refractivity contribution in [2.45, 2.75) is 20.8 Å². The van der Waals surface area contributed by atoms with E-state index in [1.807, 2.05) is 20.0 Å². The first-order valence-electron chi connectivity index (χ1n) is 3.19. The number of nitrogens with zero attached hydrogens (tertiary/aromatic N) is 2. The zero-order valence-corrected chi connectivity index (χ0v) is 9.89. The molecule has 0 spiro atoms. The average Bonchev–Trinajstić information content (AvgIpc) is 2.14. The molecule has 0 aliphatic rings. The molecular formula is C8H10N2Y-2. The topological polar surface area (TPSA) is 17.3 Å². The van der Waals surface area contributed by atoms with Crippen molar-refractivity contribution in [2.24, 2.45) is 5.10 Å². The van der Waals surface area contributed by atoms with E-state index in [0.717, 1.165) is 5.56 Å². The summed E-state index contributed by atoms with van der Waals surface area (Å²) >= 11 is 0. The largest absolute Gasteiger partial charge is 0.419 e. The molecule has 1 aromatic rings. The van der Waals surface area contributed by atoms with Crippen LogP contribution in [0.4, 0.5) is 0 Å². The van der Waals surface area contributed by atoms with E-state index in [0.29, 0.717) is 0 Å². The molecule has 0 saturated carbocycles. The van der Waals surface area contributed by atoms with Crippen molar-refractivity contribution in [1.82, 2.24) is 4.68 Å². The van der Waals surface area contributed by atoms with Crippen LogP contribution in [-0.2, 0) is 32.7 Å². The summed E-state index contributed by atoms with van der Waals surface area (Å²) in [6, 6.07) is 0. The molecule has 1 aromatic heterocycles. The molecule has 0 aliphatic carbocycles. The van der Waals surface area contributed by atoms with E-state index in [-0.39, 0.29) is 32.7 Å². The summed E-state index contributed by atoms with van der Waals surface area (Å²) in [4.78, 5) is 0. The second-order valence-corrected chi connectivity index (χ2v) is 2.22. The molecule has 0 N–H and O–H groups in total. The van der Waals surface area contributed by atoms with Crippen molar-refractivity contribution < 1.29 is 32.7 Å². The fourth-order valence-electron chi connectivity index (χ4n) is 0.734. The van der Waals surface area contributed by atoms with Gasteiger partial charge in [-0.2, -0.15) is 18.1 Å². The molecule has 0 aliphatic heterocycles. The van der Waals surface area contributed by atoms with Gasteiger partial charge in [0.1, 0.15) is 0 Å². The van der Waals surface area contributed by atoms with Gasteiger partial charge in [-0.25, -0.2) is 0 Å². The summed E-state index contributed by atoms with van der Waals surface area (Å²) in [5, 5.41) is 3.90. The van der Waals surface area contributed by atoms with E-state index in [2.05, 4.69) is 17.5 Å². The minimum atomic E-state index is 0. The Morgan fingerprint density at radius 2 is 2.18 bits per heavy atom. The van der Waals surface area contributed by atoms with Crippen LogP contribution in [0.1, 0.15) is 18.1 Å². The van der Waals surface area contributed by atoms with Crippen LogP contribution in [0.5, 0.6) is 0 Å². The zero-order chi connectivity index (χ0) is 7.56. The van der Waals surface area contributed by atoms with Crippen LogP contribution in [0.2, 0.25) is 0 Å². The molecular weight excluding hydrogens is 213 g/mol. The van der Waals surface area contributed by atoms with E-state index in [1.165, 1.54) is 5.56 Å². The van der Waals surface area contributed by atoms with Gasteiger partial charge in [-0.05, 0) is 0 Å². The molecule has 57 valence electrons. The molecule has 0 atom stereocenters. The van der Waals surface area contributed by atoms with Gasteiger partial charge >= 0.3 is 0 Å². The van der Waals surface area contributed by atoms with E-state index >= 15 is 0 Å². The fraction of sp³-hybridized carbons (Fsp3) is 0.375. The monoisotopic (exact) mass is 223 g/mol. The normalized spacial score (nSPS) is 10.1. The van der Waals surface area contributed by atoms with Crippen molar-refractivity contribution >= 4 is 6.21 Å². The second kappa shape index (κ2) is 4.84. The number of aromatic nitrogens is 1. The van der Waals surface area contributed by atoms with Gasteiger partial charge in [0, 0.05) is 32.7 Å². The Morgan fingerprint density at radius 3 is 2.55 bits per heavy atom. The van der Waals surface area contributed by atoms with Gasteiger partial charge in [0.05, 0.1) is 0 Å². The van der Waals surface area contributed by atoms with Crippen LogP contribution in [0.15, 0.2) is 11.3 Å². The van der Waals surface area contributed by atoms with Crippen molar-refractivity contribution in [3.05, 3.63) is 23.5 Å². The molecule has 2 nitrogen and oxygen atoms in total. The third-order valence-corrected chi connectivity index (χ3v) is 1.40. The first kappa shape index (κ1) is 11.1. The number of rotatable bonds is 1. The molecule has 0 saturated heterocycles. The molecule has 0 fully saturated rings. The molecule has 1 heterocycles. The molecule has 0 amide bonds.